The lowest BCUT2D eigenvalue weighted by Gasteiger charge is -2.36. The summed E-state index contributed by atoms with van der Waals surface area (Å²) in [6.07, 6.45) is 27.9. The predicted octanol–water partition coefficient (Wildman–Crippen LogP) is 11.2. The van der Waals surface area contributed by atoms with Gasteiger partial charge in [0.05, 0.1) is 0 Å². The van der Waals surface area contributed by atoms with Crippen LogP contribution in [0.5, 0.6) is 0 Å². The minimum Gasteiger partial charge on any atom is -0.115 e. The Hall–Kier alpha value is -4.08. The van der Waals surface area contributed by atoms with E-state index in [1.54, 1.807) is 0 Å². The summed E-state index contributed by atoms with van der Waals surface area (Å²) in [5, 5.41) is 0. The Balaban J connectivity index is 1.16. The Labute approximate surface area is 266 Å². The van der Waals surface area contributed by atoms with Crippen LogP contribution in [0.15, 0.2) is 121 Å². The third-order valence-corrected chi connectivity index (χ3v) is 10.1. The molecular formula is C44H46. The van der Waals surface area contributed by atoms with E-state index >= 15 is 0 Å². The van der Waals surface area contributed by atoms with Crippen LogP contribution in [0.2, 0.25) is 0 Å². The van der Waals surface area contributed by atoms with Gasteiger partial charge in [-0.05, 0) is 120 Å². The highest BCUT2D eigenvalue weighted by molar-refractivity contribution is 5.80. The van der Waals surface area contributed by atoms with Gasteiger partial charge in [-0.3, -0.25) is 0 Å². The molecule has 0 amide bonds. The molecule has 0 radical (unpaired) electrons. The lowest BCUT2D eigenvalue weighted by atomic mass is 9.69. The van der Waals surface area contributed by atoms with Gasteiger partial charge in [-0.15, -0.1) is 6.42 Å². The van der Waals surface area contributed by atoms with Crippen molar-refractivity contribution < 1.29 is 0 Å². The fourth-order valence-electron chi connectivity index (χ4n) is 7.64. The van der Waals surface area contributed by atoms with Crippen molar-refractivity contribution in [1.29, 1.82) is 0 Å². The van der Waals surface area contributed by atoms with Gasteiger partial charge in [-0.25, -0.2) is 0 Å². The van der Waals surface area contributed by atoms with Crippen molar-refractivity contribution in [3.63, 3.8) is 0 Å². The summed E-state index contributed by atoms with van der Waals surface area (Å²) in [5.74, 6) is 5.67. The first-order valence-corrected chi connectivity index (χ1v) is 16.7. The molecule has 0 aliphatic heterocycles. The van der Waals surface area contributed by atoms with E-state index < -0.39 is 0 Å². The van der Waals surface area contributed by atoms with Crippen LogP contribution < -0.4 is 0 Å². The number of hydrogen-bond donors (Lipinski definition) is 0. The van der Waals surface area contributed by atoms with Gasteiger partial charge >= 0.3 is 0 Å². The van der Waals surface area contributed by atoms with Gasteiger partial charge in [-0.1, -0.05) is 129 Å². The SMILES string of the molecule is C#Cc1ccc(CC2CCC(C(C(=C)CCc3ccccc3)c3ccc(C4=CC(C)C=C4)cc3)CC2)cc1C1=CC(C)C=C1. The van der Waals surface area contributed by atoms with Crippen LogP contribution in [0.4, 0.5) is 0 Å². The molecule has 3 aliphatic carbocycles. The number of allylic oxidation sites excluding steroid dienone is 9. The van der Waals surface area contributed by atoms with Crippen LogP contribution in [0, 0.1) is 36.0 Å². The minimum atomic E-state index is 0.408. The Morgan fingerprint density at radius 2 is 1.50 bits per heavy atom. The quantitative estimate of drug-likeness (QED) is 0.167. The fourth-order valence-corrected chi connectivity index (χ4v) is 7.64. The van der Waals surface area contributed by atoms with Crippen molar-refractivity contribution >= 4 is 11.1 Å². The van der Waals surface area contributed by atoms with E-state index in [4.69, 9.17) is 13.0 Å². The molecule has 3 aromatic carbocycles. The maximum Gasteiger partial charge on any atom is 0.0321 e. The minimum absolute atomic E-state index is 0.408. The molecule has 0 heterocycles. The Morgan fingerprint density at radius 3 is 2.14 bits per heavy atom. The third-order valence-electron chi connectivity index (χ3n) is 10.1. The summed E-state index contributed by atoms with van der Waals surface area (Å²) >= 11 is 0. The first kappa shape index (κ1) is 30.0. The van der Waals surface area contributed by atoms with Crippen LogP contribution in [0.25, 0.3) is 11.1 Å². The van der Waals surface area contributed by atoms with Gasteiger partial charge in [-0.2, -0.15) is 0 Å². The summed E-state index contributed by atoms with van der Waals surface area (Å²) < 4.78 is 0. The Bertz CT molecular complexity index is 1620. The first-order chi connectivity index (χ1) is 21.5. The molecule has 0 heteroatoms. The average Bonchev–Trinajstić information content (AvgIpc) is 3.70. The lowest BCUT2D eigenvalue weighted by molar-refractivity contribution is 0.252. The second-order valence-electron chi connectivity index (χ2n) is 13.4. The van der Waals surface area contributed by atoms with Gasteiger partial charge in [0.1, 0.15) is 0 Å². The van der Waals surface area contributed by atoms with Crippen molar-refractivity contribution in [1.82, 2.24) is 0 Å². The van der Waals surface area contributed by atoms with Crippen molar-refractivity contribution in [2.45, 2.75) is 64.7 Å². The topological polar surface area (TPSA) is 0 Å². The zero-order valence-electron chi connectivity index (χ0n) is 26.5. The number of hydrogen-bond acceptors (Lipinski definition) is 0. The standard InChI is InChI=1S/C44H46/c1-5-37-20-17-36(30-43(37)42-19-12-32(3)28-42)29-35-15-21-39(22-16-35)44(33(4)13-14-34-9-7-6-8-10-34)40-25-23-38(24-26-40)41-18-11-31(2)27-41/h1,6-12,17-20,23-28,30-32,35,39,44H,4,13-16,21-22,29H2,2-3H3. The molecule has 222 valence electrons. The van der Waals surface area contributed by atoms with E-state index in [1.165, 1.54) is 70.2 Å². The van der Waals surface area contributed by atoms with Crippen LogP contribution in [0.1, 0.15) is 85.3 Å². The summed E-state index contributed by atoms with van der Waals surface area (Å²) in [4.78, 5) is 0. The number of terminal acetylenes is 1. The van der Waals surface area contributed by atoms with Gasteiger partial charge in [0.2, 0.25) is 0 Å². The van der Waals surface area contributed by atoms with E-state index in [9.17, 15) is 0 Å². The molecular weight excluding hydrogens is 528 g/mol. The maximum absolute atomic E-state index is 5.89. The first-order valence-electron chi connectivity index (χ1n) is 16.7. The van der Waals surface area contributed by atoms with E-state index in [2.05, 4.69) is 129 Å². The fraction of sp³-hybridized carbons (Fsp3) is 0.318. The molecule has 0 bridgehead atoms. The molecule has 3 unspecified atom stereocenters. The molecule has 44 heavy (non-hydrogen) atoms. The van der Waals surface area contributed by atoms with E-state index in [-0.39, 0.29) is 0 Å². The molecule has 1 fully saturated rings. The number of aryl methyl sites for hydroxylation is 1. The second-order valence-corrected chi connectivity index (χ2v) is 13.4. The van der Waals surface area contributed by atoms with Gasteiger partial charge < -0.3 is 0 Å². The molecule has 3 aliphatic rings. The summed E-state index contributed by atoms with van der Waals surface area (Å²) in [6.45, 7) is 9.21. The van der Waals surface area contributed by atoms with E-state index in [0.29, 0.717) is 29.6 Å². The Kier molecular flexibility index (Phi) is 9.33. The lowest BCUT2D eigenvalue weighted by Crippen LogP contribution is -2.23. The molecule has 3 aromatic rings. The largest absolute Gasteiger partial charge is 0.115 e. The molecule has 0 aromatic heterocycles. The average molecular weight is 575 g/mol. The molecule has 3 atom stereocenters. The van der Waals surface area contributed by atoms with Crippen LogP contribution >= 0.6 is 0 Å². The third kappa shape index (κ3) is 7.00. The molecule has 0 N–H and O–H groups in total. The van der Waals surface area contributed by atoms with Crippen LogP contribution in [-0.4, -0.2) is 0 Å². The van der Waals surface area contributed by atoms with E-state index in [1.807, 2.05) is 0 Å². The van der Waals surface area contributed by atoms with Gasteiger partial charge in [0, 0.05) is 11.5 Å². The van der Waals surface area contributed by atoms with Crippen LogP contribution in [-0.2, 0) is 12.8 Å². The van der Waals surface area contributed by atoms with Crippen molar-refractivity contribution in [2.24, 2.45) is 23.7 Å². The normalized spacial score (nSPS) is 23.2. The zero-order valence-corrected chi connectivity index (χ0v) is 26.5. The second kappa shape index (κ2) is 13.7. The molecule has 0 nitrogen and oxygen atoms in total. The number of rotatable bonds is 10. The van der Waals surface area contributed by atoms with Gasteiger partial charge in [0.25, 0.3) is 0 Å². The molecule has 6 rings (SSSR count). The summed E-state index contributed by atoms with van der Waals surface area (Å²) in [7, 11) is 0. The maximum atomic E-state index is 5.89. The van der Waals surface area contributed by atoms with Crippen molar-refractivity contribution in [3.05, 3.63) is 155 Å². The molecule has 0 spiro atoms. The highest BCUT2D eigenvalue weighted by atomic mass is 14.3. The highest BCUT2D eigenvalue weighted by Gasteiger charge is 2.30. The summed E-state index contributed by atoms with van der Waals surface area (Å²) in [6, 6.07) is 27.1. The monoisotopic (exact) mass is 574 g/mol. The van der Waals surface area contributed by atoms with Crippen molar-refractivity contribution in [2.75, 3.05) is 0 Å². The van der Waals surface area contributed by atoms with Gasteiger partial charge in [0.15, 0.2) is 0 Å². The predicted molar refractivity (Wildman–Crippen MR) is 189 cm³/mol. The molecule has 0 saturated heterocycles. The summed E-state index contributed by atoms with van der Waals surface area (Å²) in [5.41, 5.74) is 11.8. The molecule has 1 saturated carbocycles. The van der Waals surface area contributed by atoms with Crippen LogP contribution in [0.3, 0.4) is 0 Å². The zero-order chi connectivity index (χ0) is 30.5. The Morgan fingerprint density at radius 1 is 0.818 bits per heavy atom. The van der Waals surface area contributed by atoms with Crippen molar-refractivity contribution in [3.8, 4) is 12.3 Å². The van der Waals surface area contributed by atoms with E-state index in [0.717, 1.165) is 24.8 Å². The highest BCUT2D eigenvalue weighted by Crippen LogP contribution is 2.44. The smallest absolute Gasteiger partial charge is 0.0321 e. The number of benzene rings is 3.